The second kappa shape index (κ2) is 10.3. The molecule has 3 heterocycles. The van der Waals surface area contributed by atoms with Gasteiger partial charge in [-0.3, -0.25) is 14.4 Å². The quantitative estimate of drug-likeness (QED) is 0.388. The number of nitrogens with one attached hydrogen (secondary N) is 3. The lowest BCUT2D eigenvalue weighted by molar-refractivity contribution is -0.142. The number of nitriles is 1. The first-order valence-corrected chi connectivity index (χ1v) is 14.8. The Morgan fingerprint density at radius 1 is 1.27 bits per heavy atom. The Kier molecular flexibility index (Phi) is 7.23. The van der Waals surface area contributed by atoms with Crippen molar-refractivity contribution in [2.45, 2.75) is 73.0 Å². The van der Waals surface area contributed by atoms with E-state index >= 15 is 0 Å². The van der Waals surface area contributed by atoms with Gasteiger partial charge < -0.3 is 20.5 Å². The first-order chi connectivity index (χ1) is 19.2. The number of likely N-dealkylation sites (tertiary alicyclic amines) is 1. The number of pyridine rings is 1. The van der Waals surface area contributed by atoms with Crippen LogP contribution >= 0.6 is 11.3 Å². The van der Waals surface area contributed by atoms with Gasteiger partial charge in [0.15, 0.2) is 5.13 Å². The zero-order valence-electron chi connectivity index (χ0n) is 24.7. The molecule has 5 rings (SSSR count). The molecule has 1 aliphatic carbocycles. The molecule has 2 amide bonds. The lowest BCUT2D eigenvalue weighted by atomic mass is 9.85. The van der Waals surface area contributed by atoms with Crippen LogP contribution in [-0.4, -0.2) is 51.4 Å². The monoisotopic (exact) mass is 574 g/mol. The van der Waals surface area contributed by atoms with Crippen molar-refractivity contribution in [3.8, 4) is 6.07 Å². The molecule has 3 N–H and O–H groups in total. The number of thiazole rings is 1. The van der Waals surface area contributed by atoms with Crippen molar-refractivity contribution in [1.29, 1.82) is 5.26 Å². The Labute approximate surface area is 244 Å². The highest BCUT2D eigenvalue weighted by Crippen LogP contribution is 2.65. The number of H-pyrrole nitrogens is 1. The zero-order valence-corrected chi connectivity index (χ0v) is 25.5. The number of rotatable bonds is 7. The summed E-state index contributed by atoms with van der Waals surface area (Å²) in [5.41, 5.74) is 1.40. The van der Waals surface area contributed by atoms with Gasteiger partial charge in [0.25, 0.3) is 5.56 Å². The molecule has 1 aromatic carbocycles. The minimum atomic E-state index is -0.918. The number of aromatic nitrogens is 2. The standard InChI is InChI=1S/C31H38N6O3S/c1-16-8-9-22-18(10-16)11-19(26(38)35-22)12-20(13-32)34-27(39)24-23-21(31(23,6)7)15-37(24)28(40)25(30(3,4)5)36-29-33-14-17(2)41-29/h8-11,14,20-21,23-25H,12,15H2,1-7H3,(H,33,36)(H,34,39)(H,35,38)/t20-,21-,23+,24-,25+/m0/s1. The second-order valence-electron chi connectivity index (χ2n) is 13.2. The van der Waals surface area contributed by atoms with Crippen LogP contribution in [0.5, 0.6) is 0 Å². The molecule has 2 aromatic heterocycles. The number of fused-ring (bicyclic) bond motifs is 2. The highest BCUT2D eigenvalue weighted by molar-refractivity contribution is 7.15. The smallest absolute Gasteiger partial charge is 0.251 e. The van der Waals surface area contributed by atoms with Crippen molar-refractivity contribution in [3.05, 3.63) is 56.8 Å². The molecule has 0 bridgehead atoms. The molecule has 3 aromatic rings. The molecule has 10 heteroatoms. The predicted molar refractivity (Wildman–Crippen MR) is 161 cm³/mol. The maximum Gasteiger partial charge on any atom is 0.251 e. The lowest BCUT2D eigenvalue weighted by Crippen LogP contribution is -2.57. The minimum absolute atomic E-state index is 0.000523. The summed E-state index contributed by atoms with van der Waals surface area (Å²) in [5, 5.41) is 17.7. The molecule has 2 aliphatic rings. The number of hydrogen-bond donors (Lipinski definition) is 3. The number of benzene rings is 1. The van der Waals surface area contributed by atoms with E-state index in [9.17, 15) is 19.6 Å². The van der Waals surface area contributed by atoms with E-state index < -0.39 is 23.5 Å². The van der Waals surface area contributed by atoms with Crippen molar-refractivity contribution in [1.82, 2.24) is 20.2 Å². The van der Waals surface area contributed by atoms with E-state index in [0.29, 0.717) is 17.2 Å². The third-order valence-corrected chi connectivity index (χ3v) is 9.58. The van der Waals surface area contributed by atoms with Gasteiger partial charge in [-0.15, -0.1) is 11.3 Å². The topological polar surface area (TPSA) is 131 Å². The predicted octanol–water partition coefficient (Wildman–Crippen LogP) is 4.16. The molecule has 216 valence electrons. The number of nitrogens with zero attached hydrogens (tertiary/aromatic N) is 3. The van der Waals surface area contributed by atoms with Gasteiger partial charge in [-0.2, -0.15) is 5.26 Å². The van der Waals surface area contributed by atoms with E-state index in [1.54, 1.807) is 17.2 Å². The number of piperidine rings is 1. The number of carbonyl (C=O) groups is 2. The van der Waals surface area contributed by atoms with Gasteiger partial charge >= 0.3 is 0 Å². The molecule has 2 fully saturated rings. The van der Waals surface area contributed by atoms with Crippen molar-refractivity contribution in [2.75, 3.05) is 11.9 Å². The molecule has 1 saturated carbocycles. The summed E-state index contributed by atoms with van der Waals surface area (Å²) in [7, 11) is 0. The average molecular weight is 575 g/mol. The van der Waals surface area contributed by atoms with Crippen LogP contribution in [0.4, 0.5) is 5.13 Å². The minimum Gasteiger partial charge on any atom is -0.349 e. The van der Waals surface area contributed by atoms with Crippen LogP contribution < -0.4 is 16.2 Å². The first-order valence-electron chi connectivity index (χ1n) is 14.0. The molecule has 0 unspecified atom stereocenters. The van der Waals surface area contributed by atoms with Crippen LogP contribution in [0.15, 0.2) is 35.3 Å². The van der Waals surface area contributed by atoms with Gasteiger partial charge in [-0.1, -0.05) is 46.2 Å². The highest BCUT2D eigenvalue weighted by Gasteiger charge is 2.69. The molecule has 1 saturated heterocycles. The Hall–Kier alpha value is -3.71. The summed E-state index contributed by atoms with van der Waals surface area (Å²) in [6.45, 7) is 14.7. The zero-order chi connectivity index (χ0) is 29.9. The fourth-order valence-electron chi connectivity index (χ4n) is 6.30. The number of anilines is 1. The molecular formula is C31H38N6O3S. The van der Waals surface area contributed by atoms with Gasteiger partial charge in [0, 0.05) is 35.1 Å². The van der Waals surface area contributed by atoms with Gasteiger partial charge in [0.2, 0.25) is 11.8 Å². The van der Waals surface area contributed by atoms with Crippen LogP contribution in [0.3, 0.4) is 0 Å². The van der Waals surface area contributed by atoms with Crippen LogP contribution in [0.25, 0.3) is 10.9 Å². The third-order valence-electron chi connectivity index (χ3n) is 8.74. The largest absolute Gasteiger partial charge is 0.349 e. The average Bonchev–Trinajstić information content (AvgIpc) is 3.25. The Morgan fingerprint density at radius 3 is 2.63 bits per heavy atom. The molecule has 5 atom stereocenters. The van der Waals surface area contributed by atoms with E-state index in [1.807, 2.05) is 52.8 Å². The number of carbonyl (C=O) groups excluding carboxylic acids is 2. The van der Waals surface area contributed by atoms with Crippen LogP contribution in [0, 0.1) is 47.8 Å². The molecular weight excluding hydrogens is 536 g/mol. The maximum atomic E-state index is 14.1. The Morgan fingerprint density at radius 2 is 2.00 bits per heavy atom. The maximum absolute atomic E-state index is 14.1. The van der Waals surface area contributed by atoms with E-state index in [1.165, 1.54) is 11.3 Å². The fraction of sp³-hybridized carbons (Fsp3) is 0.516. The lowest BCUT2D eigenvalue weighted by Gasteiger charge is -2.37. The summed E-state index contributed by atoms with van der Waals surface area (Å²) in [4.78, 5) is 50.7. The Balaban J connectivity index is 1.37. The summed E-state index contributed by atoms with van der Waals surface area (Å²) >= 11 is 1.49. The van der Waals surface area contributed by atoms with E-state index in [2.05, 4.69) is 40.5 Å². The van der Waals surface area contributed by atoms with E-state index in [4.69, 9.17) is 0 Å². The van der Waals surface area contributed by atoms with Crippen LogP contribution in [0.1, 0.15) is 50.6 Å². The normalized spacial score (nSPS) is 22.5. The second-order valence-corrected chi connectivity index (χ2v) is 14.5. The number of amides is 2. The number of aromatic amines is 1. The van der Waals surface area contributed by atoms with Gasteiger partial charge in [-0.25, -0.2) is 4.98 Å². The summed E-state index contributed by atoms with van der Waals surface area (Å²) in [6, 6.07) is 7.49. The number of aryl methyl sites for hydroxylation is 2. The van der Waals surface area contributed by atoms with Gasteiger partial charge in [0.1, 0.15) is 18.1 Å². The summed E-state index contributed by atoms with van der Waals surface area (Å²) in [6.07, 6.45) is 1.83. The molecule has 9 nitrogen and oxygen atoms in total. The molecule has 41 heavy (non-hydrogen) atoms. The molecule has 0 spiro atoms. The van der Waals surface area contributed by atoms with E-state index in [0.717, 1.165) is 21.3 Å². The Bertz CT molecular complexity index is 1610. The van der Waals surface area contributed by atoms with Crippen LogP contribution in [-0.2, 0) is 16.0 Å². The summed E-state index contributed by atoms with van der Waals surface area (Å²) in [5.74, 6) is -0.297. The van der Waals surface area contributed by atoms with Crippen molar-refractivity contribution in [2.24, 2.45) is 22.7 Å². The van der Waals surface area contributed by atoms with Crippen LogP contribution in [0.2, 0.25) is 0 Å². The van der Waals surface area contributed by atoms with E-state index in [-0.39, 0.29) is 41.0 Å². The molecule has 0 radical (unpaired) electrons. The van der Waals surface area contributed by atoms with Crippen molar-refractivity contribution in [3.63, 3.8) is 0 Å². The number of hydrogen-bond acceptors (Lipinski definition) is 7. The van der Waals surface area contributed by atoms with Crippen molar-refractivity contribution < 1.29 is 9.59 Å². The van der Waals surface area contributed by atoms with Gasteiger partial charge in [0.05, 0.1) is 6.07 Å². The van der Waals surface area contributed by atoms with Crippen molar-refractivity contribution >= 4 is 39.2 Å². The third kappa shape index (κ3) is 5.47. The van der Waals surface area contributed by atoms with Gasteiger partial charge in [-0.05, 0) is 60.1 Å². The fourth-order valence-corrected chi connectivity index (χ4v) is 6.99. The first kappa shape index (κ1) is 28.8. The molecule has 1 aliphatic heterocycles. The highest BCUT2D eigenvalue weighted by atomic mass is 32.1. The SMILES string of the molecule is Cc1ccc2[nH]c(=O)c(C[C@@H](C#N)NC(=O)[C@@H]3[C@H]4[C@H](CN3C(=O)[C@@H](Nc3ncc(C)s3)C(C)(C)C)C4(C)C)cc2c1. The summed E-state index contributed by atoms with van der Waals surface area (Å²) < 4.78 is 0.